The van der Waals surface area contributed by atoms with Crippen LogP contribution in [0.25, 0.3) is 0 Å². The standard InChI is InChI=1S/C28H33F3N4O4/c1-39-23-12-11-19(17-21(23)28(29,30)31)27(38)35-15-13-34(14-16-35)22-10-6-5-9-20(22)26(37)33-24(25(32)36)18-7-3-2-4-8-18/h2-4,7-8,11-12,17,20,22,24H,5-6,9-10,13-16H2,1H3,(H2,32,36)(H,33,37)/t20-,22-,24+/m1/s1. The van der Waals surface area contributed by atoms with Gasteiger partial charge in [-0.25, -0.2) is 0 Å². The highest BCUT2D eigenvalue weighted by molar-refractivity contribution is 5.94. The van der Waals surface area contributed by atoms with Gasteiger partial charge in [-0.05, 0) is 36.6 Å². The number of amides is 3. The van der Waals surface area contributed by atoms with Crippen LogP contribution in [0.15, 0.2) is 48.5 Å². The van der Waals surface area contributed by atoms with Crippen LogP contribution in [0.2, 0.25) is 0 Å². The predicted molar refractivity (Wildman–Crippen MR) is 138 cm³/mol. The summed E-state index contributed by atoms with van der Waals surface area (Å²) >= 11 is 0. The molecule has 3 amide bonds. The van der Waals surface area contributed by atoms with Crippen molar-refractivity contribution in [3.8, 4) is 5.75 Å². The second-order valence-corrected chi connectivity index (χ2v) is 9.95. The third-order valence-corrected chi connectivity index (χ3v) is 7.59. The van der Waals surface area contributed by atoms with Crippen LogP contribution < -0.4 is 15.8 Å². The van der Waals surface area contributed by atoms with Gasteiger partial charge in [-0.1, -0.05) is 43.2 Å². The molecule has 1 aliphatic heterocycles. The molecule has 0 unspecified atom stereocenters. The van der Waals surface area contributed by atoms with Crippen molar-refractivity contribution in [1.29, 1.82) is 0 Å². The Morgan fingerprint density at radius 3 is 2.28 bits per heavy atom. The first-order valence-electron chi connectivity index (χ1n) is 13.0. The number of methoxy groups -OCH3 is 1. The van der Waals surface area contributed by atoms with E-state index in [4.69, 9.17) is 10.5 Å². The van der Waals surface area contributed by atoms with E-state index in [2.05, 4.69) is 10.2 Å². The minimum Gasteiger partial charge on any atom is -0.496 e. The molecule has 2 fully saturated rings. The number of carbonyl (C=O) groups excluding carboxylic acids is 3. The van der Waals surface area contributed by atoms with Crippen molar-refractivity contribution in [3.05, 3.63) is 65.2 Å². The molecule has 2 aromatic carbocycles. The fraction of sp³-hybridized carbons (Fsp3) is 0.464. The van der Waals surface area contributed by atoms with Gasteiger partial charge in [0.05, 0.1) is 18.6 Å². The predicted octanol–water partition coefficient (Wildman–Crippen LogP) is 3.37. The summed E-state index contributed by atoms with van der Waals surface area (Å²) in [5, 5.41) is 2.84. The van der Waals surface area contributed by atoms with Crippen molar-refractivity contribution in [2.24, 2.45) is 11.7 Å². The van der Waals surface area contributed by atoms with Crippen LogP contribution in [0.3, 0.4) is 0 Å². The van der Waals surface area contributed by atoms with Gasteiger partial charge in [0.25, 0.3) is 5.91 Å². The van der Waals surface area contributed by atoms with Crippen molar-refractivity contribution < 1.29 is 32.3 Å². The van der Waals surface area contributed by atoms with Gasteiger partial charge in [0.1, 0.15) is 11.8 Å². The minimum atomic E-state index is -4.65. The number of primary amides is 1. The molecule has 39 heavy (non-hydrogen) atoms. The molecule has 0 spiro atoms. The van der Waals surface area contributed by atoms with Crippen LogP contribution in [0.4, 0.5) is 13.2 Å². The number of nitrogens with two attached hydrogens (primary N) is 1. The fourth-order valence-electron chi connectivity index (χ4n) is 5.57. The summed E-state index contributed by atoms with van der Waals surface area (Å²) in [6.07, 6.45) is -1.34. The molecule has 3 N–H and O–H groups in total. The number of carbonyl (C=O) groups is 3. The van der Waals surface area contributed by atoms with Crippen LogP contribution in [0.5, 0.6) is 5.75 Å². The number of hydrogen-bond acceptors (Lipinski definition) is 5. The number of halogens is 3. The average molecular weight is 547 g/mol. The Morgan fingerprint density at radius 1 is 1.00 bits per heavy atom. The topological polar surface area (TPSA) is 105 Å². The maximum Gasteiger partial charge on any atom is 0.419 e. The van der Waals surface area contributed by atoms with E-state index in [9.17, 15) is 27.6 Å². The van der Waals surface area contributed by atoms with Crippen molar-refractivity contribution in [2.75, 3.05) is 33.3 Å². The summed E-state index contributed by atoms with van der Waals surface area (Å²) in [7, 11) is 1.15. The van der Waals surface area contributed by atoms with Gasteiger partial charge in [0.2, 0.25) is 11.8 Å². The largest absolute Gasteiger partial charge is 0.496 e. The molecule has 4 rings (SSSR count). The van der Waals surface area contributed by atoms with E-state index < -0.39 is 29.6 Å². The molecule has 0 bridgehead atoms. The molecule has 3 atom stereocenters. The number of rotatable bonds is 7. The fourth-order valence-corrected chi connectivity index (χ4v) is 5.57. The lowest BCUT2D eigenvalue weighted by atomic mass is 9.82. The first-order valence-corrected chi connectivity index (χ1v) is 13.0. The van der Waals surface area contributed by atoms with Gasteiger partial charge < -0.3 is 20.7 Å². The van der Waals surface area contributed by atoms with Crippen molar-refractivity contribution in [2.45, 2.75) is 43.9 Å². The maximum atomic E-state index is 13.4. The zero-order valence-corrected chi connectivity index (χ0v) is 21.7. The van der Waals surface area contributed by atoms with E-state index in [1.807, 2.05) is 6.07 Å². The Kier molecular flexibility index (Phi) is 8.79. The number of nitrogens with zero attached hydrogens (tertiary/aromatic N) is 2. The Labute approximate surface area is 225 Å². The van der Waals surface area contributed by atoms with Gasteiger partial charge in [0, 0.05) is 37.8 Å². The first-order chi connectivity index (χ1) is 18.6. The van der Waals surface area contributed by atoms with Gasteiger partial charge in [-0.3, -0.25) is 19.3 Å². The van der Waals surface area contributed by atoms with Gasteiger partial charge in [-0.2, -0.15) is 13.2 Å². The van der Waals surface area contributed by atoms with Crippen molar-refractivity contribution in [1.82, 2.24) is 15.1 Å². The number of hydrogen-bond donors (Lipinski definition) is 2. The number of benzene rings is 2. The van der Waals surface area contributed by atoms with E-state index in [1.54, 1.807) is 24.3 Å². The second-order valence-electron chi connectivity index (χ2n) is 9.95. The molecule has 1 heterocycles. The molecule has 210 valence electrons. The molecular formula is C28H33F3N4O4. The molecule has 11 heteroatoms. The average Bonchev–Trinajstić information content (AvgIpc) is 2.95. The normalized spacial score (nSPS) is 21.2. The lowest BCUT2D eigenvalue weighted by molar-refractivity contribution is -0.138. The highest BCUT2D eigenvalue weighted by Crippen LogP contribution is 2.37. The monoisotopic (exact) mass is 546 g/mol. The van der Waals surface area contributed by atoms with Crippen molar-refractivity contribution >= 4 is 17.7 Å². The van der Waals surface area contributed by atoms with Gasteiger partial charge >= 0.3 is 6.18 Å². The van der Waals surface area contributed by atoms with E-state index in [1.165, 1.54) is 11.0 Å². The Hall–Kier alpha value is -3.60. The SMILES string of the molecule is COc1ccc(C(=O)N2CCN([C@@H]3CCCC[C@H]3C(=O)N[C@H](C(N)=O)c3ccccc3)CC2)cc1C(F)(F)F. The quantitative estimate of drug-likeness (QED) is 0.554. The molecular weight excluding hydrogens is 513 g/mol. The second kappa shape index (κ2) is 12.1. The summed E-state index contributed by atoms with van der Waals surface area (Å²) < 4.78 is 45.1. The summed E-state index contributed by atoms with van der Waals surface area (Å²) in [6, 6.07) is 11.2. The maximum absolute atomic E-state index is 13.4. The van der Waals surface area contributed by atoms with Crippen LogP contribution in [0, 0.1) is 5.92 Å². The highest BCUT2D eigenvalue weighted by atomic mass is 19.4. The third-order valence-electron chi connectivity index (χ3n) is 7.59. The Balaban J connectivity index is 1.41. The number of piperazine rings is 1. The third kappa shape index (κ3) is 6.52. The summed E-state index contributed by atoms with van der Waals surface area (Å²) in [5.74, 6) is -2.03. The lowest BCUT2D eigenvalue weighted by Crippen LogP contribution is -2.56. The van der Waals surface area contributed by atoms with Gasteiger partial charge in [-0.15, -0.1) is 0 Å². The highest BCUT2D eigenvalue weighted by Gasteiger charge is 2.39. The molecule has 8 nitrogen and oxygen atoms in total. The van der Waals surface area contributed by atoms with E-state index in [0.29, 0.717) is 38.2 Å². The zero-order chi connectivity index (χ0) is 28.2. The van der Waals surface area contributed by atoms with Crippen LogP contribution >= 0.6 is 0 Å². The number of alkyl halides is 3. The molecule has 1 saturated carbocycles. The molecule has 1 aliphatic carbocycles. The van der Waals surface area contributed by atoms with E-state index >= 15 is 0 Å². The summed E-state index contributed by atoms with van der Waals surface area (Å²) in [5.41, 5.74) is 5.17. The molecule has 2 aliphatic rings. The number of nitrogens with one attached hydrogen (secondary N) is 1. The molecule has 2 aromatic rings. The summed E-state index contributed by atoms with van der Waals surface area (Å²) in [4.78, 5) is 42.2. The van der Waals surface area contributed by atoms with Crippen LogP contribution in [-0.2, 0) is 15.8 Å². The number of ether oxygens (including phenoxy) is 1. The molecule has 1 saturated heterocycles. The van der Waals surface area contributed by atoms with E-state index in [-0.39, 0.29) is 29.2 Å². The van der Waals surface area contributed by atoms with Crippen LogP contribution in [0.1, 0.15) is 53.2 Å². The lowest BCUT2D eigenvalue weighted by Gasteiger charge is -2.44. The van der Waals surface area contributed by atoms with Gasteiger partial charge in [0.15, 0.2) is 0 Å². The van der Waals surface area contributed by atoms with E-state index in [0.717, 1.165) is 38.5 Å². The zero-order valence-electron chi connectivity index (χ0n) is 21.7. The smallest absolute Gasteiger partial charge is 0.419 e. The minimum absolute atomic E-state index is 0.0510. The Morgan fingerprint density at radius 2 is 1.67 bits per heavy atom. The molecule has 0 aromatic heterocycles. The van der Waals surface area contributed by atoms with Crippen LogP contribution in [-0.4, -0.2) is 66.9 Å². The molecule has 0 radical (unpaired) electrons. The first kappa shape index (κ1) is 28.4. The van der Waals surface area contributed by atoms with Crippen molar-refractivity contribution in [3.63, 3.8) is 0 Å². The Bertz CT molecular complexity index is 1180. The summed E-state index contributed by atoms with van der Waals surface area (Å²) in [6.45, 7) is 1.62.